The van der Waals surface area contributed by atoms with Crippen LogP contribution < -0.4 is 5.32 Å². The third-order valence-electron chi connectivity index (χ3n) is 4.38. The third-order valence-corrected chi connectivity index (χ3v) is 5.50. The van der Waals surface area contributed by atoms with E-state index in [1.54, 1.807) is 17.5 Å². The van der Waals surface area contributed by atoms with E-state index in [0.717, 1.165) is 38.2 Å². The van der Waals surface area contributed by atoms with E-state index in [-0.39, 0.29) is 0 Å². The van der Waals surface area contributed by atoms with E-state index in [0.29, 0.717) is 10.8 Å². The summed E-state index contributed by atoms with van der Waals surface area (Å²) in [5.41, 5.74) is 5.33. The predicted octanol–water partition coefficient (Wildman–Crippen LogP) is 5.04. The summed E-state index contributed by atoms with van der Waals surface area (Å²) < 4.78 is 3.08. The monoisotopic (exact) mass is 392 g/mol. The first-order valence-electron chi connectivity index (χ1n) is 8.21. The van der Waals surface area contributed by atoms with Gasteiger partial charge in [-0.1, -0.05) is 11.6 Å². The molecule has 3 heterocycles. The van der Waals surface area contributed by atoms with Crippen molar-refractivity contribution < 1.29 is 0 Å². The van der Waals surface area contributed by atoms with Crippen molar-refractivity contribution in [3.05, 3.63) is 59.6 Å². The second-order valence-electron chi connectivity index (χ2n) is 6.09. The van der Waals surface area contributed by atoms with Gasteiger partial charge in [0.05, 0.1) is 26.3 Å². The lowest BCUT2D eigenvalue weighted by atomic mass is 10.1. The summed E-state index contributed by atoms with van der Waals surface area (Å²) >= 11 is 8.11. The van der Waals surface area contributed by atoms with Crippen molar-refractivity contribution >= 4 is 55.6 Å². The van der Waals surface area contributed by atoms with Gasteiger partial charge in [-0.05, 0) is 30.3 Å². The maximum absolute atomic E-state index is 6.49. The van der Waals surface area contributed by atoms with Gasteiger partial charge in [-0.15, -0.1) is 11.3 Å². The highest BCUT2D eigenvalue weighted by Crippen LogP contribution is 2.34. The largest absolute Gasteiger partial charge is 0.340 e. The van der Waals surface area contributed by atoms with E-state index in [4.69, 9.17) is 11.6 Å². The average molecular weight is 393 g/mol. The molecule has 0 aliphatic carbocycles. The molecule has 6 nitrogen and oxygen atoms in total. The Kier molecular flexibility index (Phi) is 3.77. The first kappa shape index (κ1) is 16.2. The van der Waals surface area contributed by atoms with Gasteiger partial charge in [0.1, 0.15) is 18.0 Å². The van der Waals surface area contributed by atoms with Crippen LogP contribution in [0.15, 0.2) is 54.6 Å². The molecule has 0 spiro atoms. The van der Waals surface area contributed by atoms with Gasteiger partial charge in [0.2, 0.25) is 0 Å². The van der Waals surface area contributed by atoms with Crippen LogP contribution in [0.5, 0.6) is 0 Å². The summed E-state index contributed by atoms with van der Waals surface area (Å²) in [6.45, 7) is 0. The summed E-state index contributed by atoms with van der Waals surface area (Å²) in [5, 5.41) is 4.85. The van der Waals surface area contributed by atoms with E-state index >= 15 is 0 Å². The molecule has 3 aromatic heterocycles. The fourth-order valence-corrected chi connectivity index (χ4v) is 3.95. The zero-order valence-corrected chi connectivity index (χ0v) is 15.8. The van der Waals surface area contributed by atoms with Gasteiger partial charge >= 0.3 is 0 Å². The van der Waals surface area contributed by atoms with E-state index < -0.39 is 0 Å². The van der Waals surface area contributed by atoms with Crippen LogP contribution in [0.2, 0.25) is 5.02 Å². The normalized spacial score (nSPS) is 11.3. The molecule has 0 aliphatic rings. The number of aryl methyl sites for hydroxylation is 1. The van der Waals surface area contributed by atoms with Crippen LogP contribution in [0.4, 0.5) is 11.5 Å². The van der Waals surface area contributed by atoms with E-state index in [2.05, 4.69) is 31.3 Å². The number of thiazole rings is 1. The lowest BCUT2D eigenvalue weighted by molar-refractivity contribution is 0.925. The molecule has 2 aromatic carbocycles. The smallest absolute Gasteiger partial charge is 0.141 e. The molecule has 0 aliphatic heterocycles. The molecule has 0 unspecified atom stereocenters. The van der Waals surface area contributed by atoms with Crippen LogP contribution in [0.1, 0.15) is 0 Å². The minimum absolute atomic E-state index is 0.602. The Morgan fingerprint density at radius 1 is 1.04 bits per heavy atom. The number of rotatable bonds is 3. The molecule has 0 atom stereocenters. The fourth-order valence-electron chi connectivity index (χ4n) is 3.05. The van der Waals surface area contributed by atoms with Crippen LogP contribution in [-0.2, 0) is 7.05 Å². The van der Waals surface area contributed by atoms with Crippen molar-refractivity contribution in [2.45, 2.75) is 0 Å². The predicted molar refractivity (Wildman–Crippen MR) is 110 cm³/mol. The van der Waals surface area contributed by atoms with Crippen LogP contribution in [0, 0.1) is 0 Å². The van der Waals surface area contributed by atoms with Gasteiger partial charge in [0.15, 0.2) is 0 Å². The Hall–Kier alpha value is -3.03. The van der Waals surface area contributed by atoms with Gasteiger partial charge in [0, 0.05) is 36.1 Å². The Morgan fingerprint density at radius 2 is 1.96 bits per heavy atom. The maximum atomic E-state index is 6.49. The van der Waals surface area contributed by atoms with Gasteiger partial charge in [-0.3, -0.25) is 0 Å². The highest BCUT2D eigenvalue weighted by Gasteiger charge is 2.13. The first-order valence-corrected chi connectivity index (χ1v) is 9.47. The number of anilines is 2. The van der Waals surface area contributed by atoms with Crippen molar-refractivity contribution in [3.8, 4) is 11.4 Å². The molecule has 132 valence electrons. The molecule has 0 saturated heterocycles. The highest BCUT2D eigenvalue weighted by atomic mass is 35.5. The minimum Gasteiger partial charge on any atom is -0.340 e. The van der Waals surface area contributed by atoms with Gasteiger partial charge < -0.3 is 9.88 Å². The number of benzene rings is 2. The number of imidazole rings is 1. The Bertz CT molecular complexity index is 1290. The van der Waals surface area contributed by atoms with Gasteiger partial charge in [-0.2, -0.15) is 0 Å². The minimum atomic E-state index is 0.602. The van der Waals surface area contributed by atoms with Crippen molar-refractivity contribution in [2.24, 2.45) is 7.05 Å². The number of halogens is 1. The number of nitrogens with zero attached hydrogens (tertiary/aromatic N) is 5. The fraction of sp³-hybridized carbons (Fsp3) is 0.0526. The summed E-state index contributed by atoms with van der Waals surface area (Å²) in [6, 6.07) is 9.90. The van der Waals surface area contributed by atoms with E-state index in [1.165, 1.54) is 6.33 Å². The molecule has 0 saturated carbocycles. The Balaban J connectivity index is 1.64. The van der Waals surface area contributed by atoms with Crippen LogP contribution in [0.3, 0.4) is 0 Å². The van der Waals surface area contributed by atoms with Gasteiger partial charge in [0.25, 0.3) is 0 Å². The SMILES string of the molecule is Cn1ccnc1-c1cc2c(Nc3ccc4scnc4c3)ncnc2cc1Cl. The molecular weight excluding hydrogens is 380 g/mol. The number of aromatic nitrogens is 5. The van der Waals surface area contributed by atoms with Crippen molar-refractivity contribution in [3.63, 3.8) is 0 Å². The molecule has 5 aromatic rings. The zero-order valence-electron chi connectivity index (χ0n) is 14.2. The quantitative estimate of drug-likeness (QED) is 0.466. The number of hydrogen-bond acceptors (Lipinski definition) is 6. The van der Waals surface area contributed by atoms with Crippen molar-refractivity contribution in [2.75, 3.05) is 5.32 Å². The summed E-state index contributed by atoms with van der Waals surface area (Å²) in [5.74, 6) is 1.50. The van der Waals surface area contributed by atoms with Crippen molar-refractivity contribution in [1.29, 1.82) is 0 Å². The van der Waals surface area contributed by atoms with E-state index in [9.17, 15) is 0 Å². The zero-order chi connectivity index (χ0) is 18.4. The summed E-state index contributed by atoms with van der Waals surface area (Å²) in [7, 11) is 1.94. The molecule has 0 fully saturated rings. The molecule has 0 radical (unpaired) electrons. The lowest BCUT2D eigenvalue weighted by Gasteiger charge is -2.11. The maximum Gasteiger partial charge on any atom is 0.141 e. The standard InChI is InChI=1S/C19H13ClN6S/c1-26-5-4-21-19(26)12-7-13-15(8-14(12)20)22-9-23-18(13)25-11-2-3-17-16(6-11)24-10-27-17/h2-10H,1H3,(H,22,23,25). The summed E-state index contributed by atoms with van der Waals surface area (Å²) in [6.07, 6.45) is 5.17. The second-order valence-corrected chi connectivity index (χ2v) is 7.39. The van der Waals surface area contributed by atoms with E-state index in [1.807, 2.05) is 47.6 Å². The van der Waals surface area contributed by atoms with Crippen molar-refractivity contribution in [1.82, 2.24) is 24.5 Å². The van der Waals surface area contributed by atoms with Crippen LogP contribution in [-0.4, -0.2) is 24.5 Å². The first-order chi connectivity index (χ1) is 13.2. The lowest BCUT2D eigenvalue weighted by Crippen LogP contribution is -1.98. The molecule has 5 rings (SSSR count). The molecule has 27 heavy (non-hydrogen) atoms. The van der Waals surface area contributed by atoms with Gasteiger partial charge in [-0.25, -0.2) is 19.9 Å². The molecule has 0 amide bonds. The number of nitrogens with one attached hydrogen (secondary N) is 1. The number of fused-ring (bicyclic) bond motifs is 2. The molecular formula is C19H13ClN6S. The van der Waals surface area contributed by atoms with Crippen LogP contribution >= 0.6 is 22.9 Å². The molecule has 8 heteroatoms. The average Bonchev–Trinajstić information content (AvgIpc) is 3.30. The Morgan fingerprint density at radius 3 is 2.81 bits per heavy atom. The molecule has 0 bridgehead atoms. The van der Waals surface area contributed by atoms with Crippen LogP contribution in [0.25, 0.3) is 32.5 Å². The third kappa shape index (κ3) is 2.81. The Labute approximate surface area is 163 Å². The summed E-state index contributed by atoms with van der Waals surface area (Å²) in [4.78, 5) is 17.6. The highest BCUT2D eigenvalue weighted by molar-refractivity contribution is 7.16. The molecule has 1 N–H and O–H groups in total. The number of hydrogen-bond donors (Lipinski definition) is 1. The second kappa shape index (κ2) is 6.29. The topological polar surface area (TPSA) is 68.5 Å².